The van der Waals surface area contributed by atoms with Crippen LogP contribution < -0.4 is 5.32 Å². The quantitative estimate of drug-likeness (QED) is 0.925. The van der Waals surface area contributed by atoms with Gasteiger partial charge in [-0.1, -0.05) is 36.4 Å². The second-order valence-corrected chi connectivity index (χ2v) is 7.32. The molecule has 2 amide bonds. The summed E-state index contributed by atoms with van der Waals surface area (Å²) in [5.41, 5.74) is 1.71. The third-order valence-electron chi connectivity index (χ3n) is 5.63. The van der Waals surface area contributed by atoms with Crippen LogP contribution in [0, 0.1) is 0 Å². The Morgan fingerprint density at radius 1 is 1.12 bits per heavy atom. The molecule has 1 spiro atoms. The number of aromatic nitrogens is 1. The van der Waals surface area contributed by atoms with Crippen LogP contribution in [0.4, 0.5) is 0 Å². The van der Waals surface area contributed by atoms with Gasteiger partial charge < -0.3 is 10.2 Å². The molecule has 1 aromatic carbocycles. The Bertz CT molecular complexity index is 783. The van der Waals surface area contributed by atoms with Crippen molar-refractivity contribution in [2.75, 3.05) is 13.1 Å². The molecule has 134 valence electrons. The van der Waals surface area contributed by atoms with Gasteiger partial charge in [-0.15, -0.1) is 0 Å². The minimum Gasteiger partial charge on any atom is -0.350 e. The second-order valence-electron chi connectivity index (χ2n) is 7.32. The summed E-state index contributed by atoms with van der Waals surface area (Å²) < 4.78 is 0. The topological polar surface area (TPSA) is 62.3 Å². The van der Waals surface area contributed by atoms with Crippen molar-refractivity contribution in [2.45, 2.75) is 37.1 Å². The molecular formula is C21H23N3O2. The average Bonchev–Trinajstić information content (AvgIpc) is 2.99. The number of carbonyl (C=O) groups excluding carboxylic acids is 2. The molecule has 2 aliphatic heterocycles. The van der Waals surface area contributed by atoms with Crippen LogP contribution in [-0.4, -0.2) is 40.3 Å². The summed E-state index contributed by atoms with van der Waals surface area (Å²) in [5, 5.41) is 3.24. The van der Waals surface area contributed by atoms with Crippen molar-refractivity contribution in [1.29, 1.82) is 0 Å². The Hall–Kier alpha value is -2.69. The van der Waals surface area contributed by atoms with Crippen LogP contribution in [0.15, 0.2) is 54.7 Å². The molecule has 0 saturated carbocycles. The van der Waals surface area contributed by atoms with Crippen molar-refractivity contribution in [1.82, 2.24) is 15.2 Å². The van der Waals surface area contributed by atoms with Gasteiger partial charge in [0.2, 0.25) is 11.8 Å². The molecule has 5 nitrogen and oxygen atoms in total. The SMILES string of the molecule is O=C1NC2(CCN(C(=O)Cc3ccccn3)CC2)CC1c1ccccc1. The Kier molecular flexibility index (Phi) is 4.45. The summed E-state index contributed by atoms with van der Waals surface area (Å²) in [5.74, 6) is 0.152. The summed E-state index contributed by atoms with van der Waals surface area (Å²) >= 11 is 0. The molecule has 1 aromatic heterocycles. The summed E-state index contributed by atoms with van der Waals surface area (Å²) in [7, 11) is 0. The summed E-state index contributed by atoms with van der Waals surface area (Å²) in [4.78, 5) is 31.2. The summed E-state index contributed by atoms with van der Waals surface area (Å²) in [6.45, 7) is 1.38. The van der Waals surface area contributed by atoms with Crippen molar-refractivity contribution in [3.8, 4) is 0 Å². The van der Waals surface area contributed by atoms with E-state index in [4.69, 9.17) is 0 Å². The van der Waals surface area contributed by atoms with E-state index in [-0.39, 0.29) is 23.3 Å². The van der Waals surface area contributed by atoms with E-state index in [0.717, 1.165) is 30.5 Å². The Balaban J connectivity index is 1.37. The molecule has 5 heteroatoms. The minimum atomic E-state index is -0.167. The van der Waals surface area contributed by atoms with E-state index in [0.29, 0.717) is 19.5 Å². The maximum Gasteiger partial charge on any atom is 0.228 e. The summed E-state index contributed by atoms with van der Waals surface area (Å²) in [6.07, 6.45) is 4.50. The number of pyridine rings is 1. The lowest BCUT2D eigenvalue weighted by molar-refractivity contribution is -0.132. The zero-order valence-corrected chi connectivity index (χ0v) is 14.7. The first-order valence-corrected chi connectivity index (χ1v) is 9.20. The lowest BCUT2D eigenvalue weighted by Gasteiger charge is -2.39. The molecule has 2 saturated heterocycles. The van der Waals surface area contributed by atoms with E-state index in [1.165, 1.54) is 0 Å². The minimum absolute atomic E-state index is 0.0769. The fourth-order valence-corrected chi connectivity index (χ4v) is 4.12. The predicted molar refractivity (Wildman–Crippen MR) is 98.4 cm³/mol. The molecule has 4 rings (SSSR count). The second kappa shape index (κ2) is 6.90. The van der Waals surface area contributed by atoms with Crippen LogP contribution in [-0.2, 0) is 16.0 Å². The van der Waals surface area contributed by atoms with Gasteiger partial charge in [0, 0.05) is 30.5 Å². The van der Waals surface area contributed by atoms with E-state index in [2.05, 4.69) is 10.3 Å². The largest absolute Gasteiger partial charge is 0.350 e. The number of hydrogen-bond acceptors (Lipinski definition) is 3. The van der Waals surface area contributed by atoms with Gasteiger partial charge in [-0.2, -0.15) is 0 Å². The molecule has 2 aliphatic rings. The van der Waals surface area contributed by atoms with Crippen LogP contribution >= 0.6 is 0 Å². The number of amides is 2. The molecule has 26 heavy (non-hydrogen) atoms. The zero-order valence-electron chi connectivity index (χ0n) is 14.7. The Labute approximate surface area is 153 Å². The standard InChI is InChI=1S/C21H23N3O2/c25-19(14-17-8-4-5-11-22-17)24-12-9-21(10-13-24)15-18(20(26)23-21)16-6-2-1-3-7-16/h1-8,11,18H,9-10,12-15H2,(H,23,26). The number of rotatable bonds is 3. The highest BCUT2D eigenvalue weighted by molar-refractivity contribution is 5.87. The van der Waals surface area contributed by atoms with Crippen LogP contribution in [0.3, 0.4) is 0 Å². The van der Waals surface area contributed by atoms with Gasteiger partial charge in [-0.05, 0) is 37.0 Å². The molecule has 2 aromatic rings. The lowest BCUT2D eigenvalue weighted by Crippen LogP contribution is -2.52. The number of nitrogens with zero attached hydrogens (tertiary/aromatic N) is 2. The average molecular weight is 349 g/mol. The van der Waals surface area contributed by atoms with E-state index in [1.807, 2.05) is 53.4 Å². The molecule has 1 unspecified atom stereocenters. The van der Waals surface area contributed by atoms with Gasteiger partial charge in [-0.3, -0.25) is 14.6 Å². The van der Waals surface area contributed by atoms with Gasteiger partial charge in [0.25, 0.3) is 0 Å². The molecule has 2 fully saturated rings. The predicted octanol–water partition coefficient (Wildman–Crippen LogP) is 2.29. The Morgan fingerprint density at radius 3 is 2.54 bits per heavy atom. The zero-order chi connectivity index (χ0) is 18.0. The Morgan fingerprint density at radius 2 is 1.85 bits per heavy atom. The fourth-order valence-electron chi connectivity index (χ4n) is 4.12. The van der Waals surface area contributed by atoms with Crippen LogP contribution in [0.25, 0.3) is 0 Å². The highest BCUT2D eigenvalue weighted by Crippen LogP contribution is 2.39. The lowest BCUT2D eigenvalue weighted by atomic mass is 9.82. The van der Waals surface area contributed by atoms with Crippen molar-refractivity contribution in [2.24, 2.45) is 0 Å². The molecule has 0 aliphatic carbocycles. The fraction of sp³-hybridized carbons (Fsp3) is 0.381. The normalized spacial score (nSPS) is 21.6. The van der Waals surface area contributed by atoms with Crippen molar-refractivity contribution < 1.29 is 9.59 Å². The highest BCUT2D eigenvalue weighted by atomic mass is 16.2. The van der Waals surface area contributed by atoms with E-state index in [9.17, 15) is 9.59 Å². The molecular weight excluding hydrogens is 326 g/mol. The first kappa shape index (κ1) is 16.8. The van der Waals surface area contributed by atoms with Gasteiger partial charge >= 0.3 is 0 Å². The van der Waals surface area contributed by atoms with E-state index in [1.54, 1.807) is 6.20 Å². The van der Waals surface area contributed by atoms with Gasteiger partial charge in [-0.25, -0.2) is 0 Å². The number of hydrogen-bond donors (Lipinski definition) is 1. The third-order valence-corrected chi connectivity index (χ3v) is 5.63. The molecule has 0 bridgehead atoms. The van der Waals surface area contributed by atoms with Crippen LogP contribution in [0.5, 0.6) is 0 Å². The first-order valence-electron chi connectivity index (χ1n) is 9.20. The first-order chi connectivity index (χ1) is 12.7. The van der Waals surface area contributed by atoms with E-state index >= 15 is 0 Å². The van der Waals surface area contributed by atoms with Crippen molar-refractivity contribution in [3.05, 3.63) is 66.0 Å². The smallest absolute Gasteiger partial charge is 0.228 e. The summed E-state index contributed by atoms with van der Waals surface area (Å²) in [6, 6.07) is 15.6. The van der Waals surface area contributed by atoms with Gasteiger partial charge in [0.15, 0.2) is 0 Å². The number of carbonyl (C=O) groups is 2. The molecule has 1 atom stereocenters. The van der Waals surface area contributed by atoms with Crippen LogP contribution in [0.1, 0.15) is 36.4 Å². The number of likely N-dealkylation sites (tertiary alicyclic amines) is 1. The monoisotopic (exact) mass is 349 g/mol. The molecule has 3 heterocycles. The maximum atomic E-state index is 12.5. The number of benzene rings is 1. The van der Waals surface area contributed by atoms with E-state index < -0.39 is 0 Å². The number of piperidine rings is 1. The van der Waals surface area contributed by atoms with Gasteiger partial charge in [0.1, 0.15) is 0 Å². The van der Waals surface area contributed by atoms with Gasteiger partial charge in [0.05, 0.1) is 12.3 Å². The molecule has 0 radical (unpaired) electrons. The third kappa shape index (κ3) is 3.34. The number of nitrogens with one attached hydrogen (secondary N) is 1. The highest BCUT2D eigenvalue weighted by Gasteiger charge is 2.46. The maximum absolute atomic E-state index is 12.5. The van der Waals surface area contributed by atoms with Crippen LogP contribution in [0.2, 0.25) is 0 Å². The van der Waals surface area contributed by atoms with Crippen molar-refractivity contribution in [3.63, 3.8) is 0 Å². The van der Waals surface area contributed by atoms with Crippen molar-refractivity contribution >= 4 is 11.8 Å². The molecule has 1 N–H and O–H groups in total.